The molecule has 1 aliphatic heterocycles. The largest absolute Gasteiger partial charge is 0.369 e. The van der Waals surface area contributed by atoms with E-state index < -0.39 is 4.92 Å². The van der Waals surface area contributed by atoms with E-state index in [0.717, 1.165) is 48.7 Å². The Labute approximate surface area is 181 Å². The number of nitrogens with one attached hydrogen (secondary N) is 1. The first-order valence-electron chi connectivity index (χ1n) is 10.3. The molecule has 4 rings (SSSR count). The van der Waals surface area contributed by atoms with Crippen LogP contribution in [0.3, 0.4) is 0 Å². The molecule has 1 fully saturated rings. The van der Waals surface area contributed by atoms with Crippen LogP contribution in [-0.4, -0.2) is 48.5 Å². The molecular weight excluding hydrogens is 392 g/mol. The molecule has 3 aromatic carbocycles. The molecule has 7 nitrogen and oxygen atoms in total. The van der Waals surface area contributed by atoms with E-state index in [1.807, 2.05) is 54.6 Å². The van der Waals surface area contributed by atoms with Crippen LogP contribution in [0.4, 0.5) is 17.1 Å². The maximum Gasteiger partial charge on any atom is 0.269 e. The Bertz CT molecular complexity index is 1050. The minimum absolute atomic E-state index is 0.0350. The van der Waals surface area contributed by atoms with Crippen molar-refractivity contribution in [3.63, 3.8) is 0 Å². The number of carbonyl (C=O) groups excluding carboxylic acids is 1. The normalized spacial score (nSPS) is 14.3. The number of hydrogen-bond donors (Lipinski definition) is 1. The number of carbonyl (C=O) groups is 1. The Morgan fingerprint density at radius 3 is 2.19 bits per heavy atom. The molecule has 0 atom stereocenters. The number of non-ortho nitro benzene ring substituents is 1. The van der Waals surface area contributed by atoms with Gasteiger partial charge in [-0.2, -0.15) is 0 Å². The summed E-state index contributed by atoms with van der Waals surface area (Å²) in [6, 6.07) is 24.4. The number of benzene rings is 3. The maximum atomic E-state index is 12.7. The standard InChI is InChI=1S/C24H24N4O3/c29-24(25-23-9-5-4-8-22(23)19-6-2-1-3-7-19)18-26-14-16-27(17-15-26)20-10-12-21(13-11-20)28(30)31/h1-13H,14-18H2,(H,25,29). The van der Waals surface area contributed by atoms with Crippen LogP contribution in [0, 0.1) is 10.1 Å². The summed E-state index contributed by atoms with van der Waals surface area (Å²) in [4.78, 5) is 27.4. The lowest BCUT2D eigenvalue weighted by Gasteiger charge is -2.35. The van der Waals surface area contributed by atoms with E-state index >= 15 is 0 Å². The Morgan fingerprint density at radius 1 is 0.871 bits per heavy atom. The summed E-state index contributed by atoms with van der Waals surface area (Å²) in [7, 11) is 0. The first-order chi connectivity index (χ1) is 15.1. The van der Waals surface area contributed by atoms with E-state index in [2.05, 4.69) is 15.1 Å². The van der Waals surface area contributed by atoms with Gasteiger partial charge >= 0.3 is 0 Å². The predicted molar refractivity (Wildman–Crippen MR) is 122 cm³/mol. The number of nitro groups is 1. The fraction of sp³-hybridized carbons (Fsp3) is 0.208. The smallest absolute Gasteiger partial charge is 0.269 e. The summed E-state index contributed by atoms with van der Waals surface area (Å²) in [5.41, 5.74) is 3.93. The number of para-hydroxylation sites is 1. The van der Waals surface area contributed by atoms with Crippen LogP contribution in [0.25, 0.3) is 11.1 Å². The van der Waals surface area contributed by atoms with Gasteiger partial charge in [0.15, 0.2) is 0 Å². The zero-order chi connectivity index (χ0) is 21.6. The fourth-order valence-corrected chi connectivity index (χ4v) is 3.80. The van der Waals surface area contributed by atoms with Gasteiger partial charge in [-0.25, -0.2) is 0 Å². The zero-order valence-electron chi connectivity index (χ0n) is 17.1. The highest BCUT2D eigenvalue weighted by atomic mass is 16.6. The summed E-state index contributed by atoms with van der Waals surface area (Å²) in [6.07, 6.45) is 0. The Kier molecular flexibility index (Phi) is 6.24. The summed E-state index contributed by atoms with van der Waals surface area (Å²) in [6.45, 7) is 3.38. The highest BCUT2D eigenvalue weighted by Gasteiger charge is 2.20. The van der Waals surface area contributed by atoms with E-state index in [9.17, 15) is 14.9 Å². The second kappa shape index (κ2) is 9.40. The Balaban J connectivity index is 1.32. The molecule has 0 aromatic heterocycles. The topological polar surface area (TPSA) is 78.7 Å². The van der Waals surface area contributed by atoms with Crippen LogP contribution < -0.4 is 10.2 Å². The van der Waals surface area contributed by atoms with Crippen molar-refractivity contribution >= 4 is 23.0 Å². The molecular formula is C24H24N4O3. The number of piperazine rings is 1. The highest BCUT2D eigenvalue weighted by Crippen LogP contribution is 2.27. The summed E-state index contributed by atoms with van der Waals surface area (Å²) < 4.78 is 0. The monoisotopic (exact) mass is 416 g/mol. The molecule has 0 saturated carbocycles. The lowest BCUT2D eigenvalue weighted by atomic mass is 10.0. The van der Waals surface area contributed by atoms with Crippen molar-refractivity contribution in [1.29, 1.82) is 0 Å². The van der Waals surface area contributed by atoms with Crippen LogP contribution >= 0.6 is 0 Å². The first kappa shape index (κ1) is 20.6. The molecule has 0 bridgehead atoms. The first-order valence-corrected chi connectivity index (χ1v) is 10.3. The van der Waals surface area contributed by atoms with Gasteiger partial charge in [0.1, 0.15) is 0 Å². The second-order valence-corrected chi connectivity index (χ2v) is 7.50. The van der Waals surface area contributed by atoms with Crippen LogP contribution in [0.5, 0.6) is 0 Å². The van der Waals surface area contributed by atoms with Gasteiger partial charge in [-0.05, 0) is 23.8 Å². The number of hydrogen-bond acceptors (Lipinski definition) is 5. The molecule has 0 aliphatic carbocycles. The second-order valence-electron chi connectivity index (χ2n) is 7.50. The summed E-state index contributed by atoms with van der Waals surface area (Å²) >= 11 is 0. The van der Waals surface area contributed by atoms with Crippen molar-refractivity contribution in [2.45, 2.75) is 0 Å². The molecule has 0 unspecified atom stereocenters. The van der Waals surface area contributed by atoms with E-state index in [0.29, 0.717) is 6.54 Å². The maximum absolute atomic E-state index is 12.7. The van der Waals surface area contributed by atoms with Crippen molar-refractivity contribution in [2.75, 3.05) is 42.9 Å². The molecule has 3 aromatic rings. The number of amides is 1. The average molecular weight is 416 g/mol. The number of anilines is 2. The molecule has 158 valence electrons. The summed E-state index contributed by atoms with van der Waals surface area (Å²) in [5.74, 6) is -0.0350. The molecule has 1 amide bonds. The SMILES string of the molecule is O=C(CN1CCN(c2ccc([N+](=O)[O-])cc2)CC1)Nc1ccccc1-c1ccccc1. The average Bonchev–Trinajstić information content (AvgIpc) is 2.80. The third-order valence-corrected chi connectivity index (χ3v) is 5.45. The molecule has 1 N–H and O–H groups in total. The fourth-order valence-electron chi connectivity index (χ4n) is 3.80. The van der Waals surface area contributed by atoms with E-state index in [4.69, 9.17) is 0 Å². The van der Waals surface area contributed by atoms with Crippen molar-refractivity contribution in [2.24, 2.45) is 0 Å². The molecule has 7 heteroatoms. The lowest BCUT2D eigenvalue weighted by Crippen LogP contribution is -2.48. The Morgan fingerprint density at radius 2 is 1.52 bits per heavy atom. The van der Waals surface area contributed by atoms with E-state index in [1.165, 1.54) is 12.1 Å². The van der Waals surface area contributed by atoms with E-state index in [-0.39, 0.29) is 11.6 Å². The van der Waals surface area contributed by atoms with Crippen LogP contribution in [0.1, 0.15) is 0 Å². The number of nitrogens with zero attached hydrogens (tertiary/aromatic N) is 3. The molecule has 1 saturated heterocycles. The molecule has 0 spiro atoms. The third-order valence-electron chi connectivity index (χ3n) is 5.45. The molecule has 31 heavy (non-hydrogen) atoms. The van der Waals surface area contributed by atoms with Crippen LogP contribution in [-0.2, 0) is 4.79 Å². The minimum Gasteiger partial charge on any atom is -0.369 e. The predicted octanol–water partition coefficient (Wildman–Crippen LogP) is 4.02. The highest BCUT2D eigenvalue weighted by molar-refractivity contribution is 5.96. The van der Waals surface area contributed by atoms with Crippen molar-refractivity contribution in [3.8, 4) is 11.1 Å². The van der Waals surface area contributed by atoms with Gasteiger partial charge in [0.2, 0.25) is 5.91 Å². The van der Waals surface area contributed by atoms with Crippen LogP contribution in [0.15, 0.2) is 78.9 Å². The van der Waals surface area contributed by atoms with Crippen molar-refractivity contribution in [3.05, 3.63) is 89.0 Å². The Hall–Kier alpha value is -3.71. The van der Waals surface area contributed by atoms with E-state index in [1.54, 1.807) is 12.1 Å². The van der Waals surface area contributed by atoms with Gasteiger partial charge in [0, 0.05) is 55.2 Å². The van der Waals surface area contributed by atoms with Crippen LogP contribution in [0.2, 0.25) is 0 Å². The van der Waals surface area contributed by atoms with Gasteiger partial charge in [0.05, 0.1) is 11.5 Å². The van der Waals surface area contributed by atoms with Gasteiger partial charge < -0.3 is 10.2 Å². The number of rotatable bonds is 6. The summed E-state index contributed by atoms with van der Waals surface area (Å²) in [5, 5.41) is 13.9. The quantitative estimate of drug-likeness (QED) is 0.485. The third kappa shape index (κ3) is 5.07. The van der Waals surface area contributed by atoms with Gasteiger partial charge in [0.25, 0.3) is 5.69 Å². The van der Waals surface area contributed by atoms with Crippen molar-refractivity contribution < 1.29 is 9.72 Å². The van der Waals surface area contributed by atoms with Gasteiger partial charge in [-0.15, -0.1) is 0 Å². The molecule has 1 heterocycles. The number of nitro benzene ring substituents is 1. The zero-order valence-corrected chi connectivity index (χ0v) is 17.1. The molecule has 1 aliphatic rings. The van der Waals surface area contributed by atoms with Gasteiger partial charge in [-0.1, -0.05) is 48.5 Å². The minimum atomic E-state index is -0.393. The molecule has 0 radical (unpaired) electrons. The lowest BCUT2D eigenvalue weighted by molar-refractivity contribution is -0.384. The van der Waals surface area contributed by atoms with Gasteiger partial charge in [-0.3, -0.25) is 19.8 Å². The van der Waals surface area contributed by atoms with Crippen molar-refractivity contribution in [1.82, 2.24) is 4.90 Å².